The summed E-state index contributed by atoms with van der Waals surface area (Å²) in [5, 5.41) is 0. The largest absolute Gasteiger partial charge is 0.353 e. The van der Waals surface area contributed by atoms with Crippen molar-refractivity contribution in [2.24, 2.45) is 11.8 Å². The molecule has 24 heavy (non-hydrogen) atoms. The molecule has 2 saturated heterocycles. The second kappa shape index (κ2) is 7.33. The summed E-state index contributed by atoms with van der Waals surface area (Å²) in [6, 6.07) is -0.0982. The van der Waals surface area contributed by atoms with Crippen molar-refractivity contribution in [3.05, 3.63) is 18.6 Å². The number of hydrogen-bond acceptors (Lipinski definition) is 5. The van der Waals surface area contributed by atoms with E-state index in [0.717, 1.165) is 31.6 Å². The van der Waals surface area contributed by atoms with Crippen LogP contribution in [0.25, 0.3) is 0 Å². The zero-order valence-corrected chi connectivity index (χ0v) is 15.2. The van der Waals surface area contributed by atoms with Crippen LogP contribution in [0.3, 0.4) is 0 Å². The Hall–Kier alpha value is -1.25. The molecule has 0 spiro atoms. The Morgan fingerprint density at radius 3 is 2.54 bits per heavy atom. The predicted molar refractivity (Wildman–Crippen MR) is 93.8 cm³/mol. The minimum absolute atomic E-state index is 0.0982. The van der Waals surface area contributed by atoms with Gasteiger partial charge in [-0.1, -0.05) is 20.3 Å². The summed E-state index contributed by atoms with van der Waals surface area (Å²) < 4.78 is 30.0. The fraction of sp³-hybridized carbons (Fsp3) is 0.750. The van der Waals surface area contributed by atoms with Crippen LogP contribution in [0.15, 0.2) is 18.6 Å². The molecule has 2 atom stereocenters. The second-order valence-electron chi connectivity index (χ2n) is 7.07. The molecule has 7 nitrogen and oxygen atoms in total. The van der Waals surface area contributed by atoms with Crippen LogP contribution in [0.1, 0.15) is 33.1 Å². The first-order valence-electron chi connectivity index (χ1n) is 8.76. The standard InChI is InChI=1S/C16H27N5O2S/c1-13(2)14-11-20(16-10-17-6-7-18-16)12-15(14)19-24(22,23)21-8-4-3-5-9-21/h6-7,10,13-15,19H,3-5,8-9,11-12H2,1-2H3/t14-,15+/m0/s1. The predicted octanol–water partition coefficient (Wildman–Crippen LogP) is 1.26. The molecule has 2 aliphatic heterocycles. The minimum atomic E-state index is -3.42. The molecule has 134 valence electrons. The topological polar surface area (TPSA) is 78.4 Å². The number of nitrogens with one attached hydrogen (secondary N) is 1. The minimum Gasteiger partial charge on any atom is -0.353 e. The van der Waals surface area contributed by atoms with Crippen LogP contribution in [0.4, 0.5) is 5.82 Å². The molecular weight excluding hydrogens is 326 g/mol. The molecule has 0 bridgehead atoms. The van der Waals surface area contributed by atoms with Crippen molar-refractivity contribution in [3.8, 4) is 0 Å². The highest BCUT2D eigenvalue weighted by Gasteiger charge is 2.39. The molecule has 0 amide bonds. The Bertz CT molecular complexity index is 631. The highest BCUT2D eigenvalue weighted by molar-refractivity contribution is 7.87. The molecule has 0 aliphatic carbocycles. The highest BCUT2D eigenvalue weighted by atomic mass is 32.2. The Labute approximate surface area is 144 Å². The van der Waals surface area contributed by atoms with Crippen LogP contribution < -0.4 is 9.62 Å². The molecule has 0 radical (unpaired) electrons. The fourth-order valence-electron chi connectivity index (χ4n) is 3.64. The van der Waals surface area contributed by atoms with Crippen LogP contribution >= 0.6 is 0 Å². The van der Waals surface area contributed by atoms with Gasteiger partial charge in [0, 0.05) is 44.6 Å². The molecule has 1 N–H and O–H groups in total. The Balaban J connectivity index is 1.73. The van der Waals surface area contributed by atoms with Crippen LogP contribution in [0.2, 0.25) is 0 Å². The Morgan fingerprint density at radius 1 is 1.17 bits per heavy atom. The Kier molecular flexibility index (Phi) is 5.36. The van der Waals surface area contributed by atoms with Gasteiger partial charge in [-0.2, -0.15) is 17.4 Å². The first-order chi connectivity index (χ1) is 11.5. The third-order valence-corrected chi connectivity index (χ3v) is 6.70. The smallest absolute Gasteiger partial charge is 0.279 e. The van der Waals surface area contributed by atoms with Crippen molar-refractivity contribution < 1.29 is 8.42 Å². The summed E-state index contributed by atoms with van der Waals surface area (Å²) in [7, 11) is -3.42. The van der Waals surface area contributed by atoms with Crippen LogP contribution in [-0.4, -0.2) is 54.9 Å². The van der Waals surface area contributed by atoms with Crippen molar-refractivity contribution in [2.75, 3.05) is 31.1 Å². The van der Waals surface area contributed by atoms with Gasteiger partial charge in [-0.15, -0.1) is 0 Å². The van der Waals surface area contributed by atoms with E-state index in [1.165, 1.54) is 0 Å². The molecule has 2 aliphatic rings. The first kappa shape index (κ1) is 17.6. The summed E-state index contributed by atoms with van der Waals surface area (Å²) in [5.74, 6) is 1.45. The average molecular weight is 353 g/mol. The molecule has 0 aromatic carbocycles. The van der Waals surface area contributed by atoms with Crippen molar-refractivity contribution in [2.45, 2.75) is 39.2 Å². The molecular formula is C16H27N5O2S. The lowest BCUT2D eigenvalue weighted by atomic mass is 9.92. The van der Waals surface area contributed by atoms with Gasteiger partial charge >= 0.3 is 0 Å². The summed E-state index contributed by atoms with van der Waals surface area (Å²) in [6.45, 7) is 6.97. The van der Waals surface area contributed by atoms with Crippen molar-refractivity contribution in [1.29, 1.82) is 0 Å². The van der Waals surface area contributed by atoms with E-state index in [2.05, 4.69) is 33.4 Å². The number of nitrogens with zero attached hydrogens (tertiary/aromatic N) is 4. The third-order valence-electron chi connectivity index (χ3n) is 5.05. The van der Waals surface area contributed by atoms with Gasteiger partial charge in [-0.05, 0) is 24.7 Å². The van der Waals surface area contributed by atoms with E-state index < -0.39 is 10.2 Å². The normalized spacial score (nSPS) is 26.2. The zero-order chi connectivity index (χ0) is 17.2. The number of anilines is 1. The lowest BCUT2D eigenvalue weighted by molar-refractivity contribution is 0.322. The molecule has 8 heteroatoms. The second-order valence-corrected chi connectivity index (χ2v) is 8.77. The maximum Gasteiger partial charge on any atom is 0.279 e. The number of hydrogen-bond donors (Lipinski definition) is 1. The Morgan fingerprint density at radius 2 is 1.92 bits per heavy atom. The van der Waals surface area contributed by atoms with Gasteiger partial charge in [-0.25, -0.2) is 4.98 Å². The fourth-order valence-corrected chi connectivity index (χ4v) is 5.16. The van der Waals surface area contributed by atoms with Gasteiger partial charge in [0.1, 0.15) is 5.82 Å². The highest BCUT2D eigenvalue weighted by Crippen LogP contribution is 2.28. The molecule has 1 aromatic rings. The first-order valence-corrected chi connectivity index (χ1v) is 10.2. The monoisotopic (exact) mass is 353 g/mol. The van der Waals surface area contributed by atoms with Crippen molar-refractivity contribution in [1.82, 2.24) is 19.0 Å². The van der Waals surface area contributed by atoms with Gasteiger partial charge in [0.25, 0.3) is 10.2 Å². The van der Waals surface area contributed by atoms with E-state index in [1.54, 1.807) is 22.9 Å². The number of rotatable bonds is 5. The van der Waals surface area contributed by atoms with Gasteiger partial charge in [0.2, 0.25) is 0 Å². The molecule has 1 aromatic heterocycles. The summed E-state index contributed by atoms with van der Waals surface area (Å²) in [4.78, 5) is 10.6. The third kappa shape index (κ3) is 3.87. The molecule has 3 heterocycles. The lowest BCUT2D eigenvalue weighted by Crippen LogP contribution is -2.50. The number of piperidine rings is 1. The van der Waals surface area contributed by atoms with E-state index >= 15 is 0 Å². The summed E-state index contributed by atoms with van der Waals surface area (Å²) in [6.07, 6.45) is 8.07. The van der Waals surface area contributed by atoms with E-state index in [-0.39, 0.29) is 12.0 Å². The van der Waals surface area contributed by atoms with Crippen LogP contribution in [0, 0.1) is 11.8 Å². The molecule has 0 unspecified atom stereocenters. The van der Waals surface area contributed by atoms with Crippen LogP contribution in [0.5, 0.6) is 0 Å². The van der Waals surface area contributed by atoms with E-state index in [0.29, 0.717) is 25.6 Å². The molecule has 0 saturated carbocycles. The quantitative estimate of drug-likeness (QED) is 0.862. The molecule has 2 fully saturated rings. The summed E-state index contributed by atoms with van der Waals surface area (Å²) in [5.41, 5.74) is 0. The van der Waals surface area contributed by atoms with E-state index in [9.17, 15) is 8.42 Å². The van der Waals surface area contributed by atoms with Crippen molar-refractivity contribution in [3.63, 3.8) is 0 Å². The summed E-state index contributed by atoms with van der Waals surface area (Å²) >= 11 is 0. The maximum absolute atomic E-state index is 12.7. The van der Waals surface area contributed by atoms with Crippen LogP contribution in [-0.2, 0) is 10.2 Å². The maximum atomic E-state index is 12.7. The average Bonchev–Trinajstić information content (AvgIpc) is 3.00. The van der Waals surface area contributed by atoms with Gasteiger partial charge in [0.15, 0.2) is 0 Å². The number of aromatic nitrogens is 2. The molecule has 3 rings (SSSR count). The van der Waals surface area contributed by atoms with Gasteiger partial charge in [-0.3, -0.25) is 4.98 Å². The lowest BCUT2D eigenvalue weighted by Gasteiger charge is -2.29. The SMILES string of the molecule is CC(C)[C@@H]1CN(c2cnccn2)C[C@H]1NS(=O)(=O)N1CCCCC1. The van der Waals surface area contributed by atoms with Gasteiger partial charge < -0.3 is 4.90 Å². The zero-order valence-electron chi connectivity index (χ0n) is 14.4. The van der Waals surface area contributed by atoms with E-state index in [1.807, 2.05) is 0 Å². The van der Waals surface area contributed by atoms with E-state index in [4.69, 9.17) is 0 Å². The van der Waals surface area contributed by atoms with Crippen molar-refractivity contribution >= 4 is 16.0 Å². The van der Waals surface area contributed by atoms with Gasteiger partial charge in [0.05, 0.1) is 6.20 Å².